The van der Waals surface area contributed by atoms with Crippen LogP contribution in [0.15, 0.2) is 64.5 Å². The highest BCUT2D eigenvalue weighted by molar-refractivity contribution is 7.99. The Bertz CT molecular complexity index is 1160. The number of carbonyl (C=O) groups is 2. The topological polar surface area (TPSA) is 110 Å². The van der Waals surface area contributed by atoms with Gasteiger partial charge in [0.25, 0.3) is 5.56 Å². The highest BCUT2D eigenvalue weighted by Crippen LogP contribution is 2.22. The average molecular weight is 468 g/mol. The number of rotatable bonds is 9. The summed E-state index contributed by atoms with van der Waals surface area (Å²) >= 11 is 1.12. The van der Waals surface area contributed by atoms with E-state index in [0.717, 1.165) is 17.3 Å². The molecule has 0 aliphatic carbocycles. The summed E-state index contributed by atoms with van der Waals surface area (Å²) in [5.41, 5.74) is 1.93. The standard InChI is InChI=1S/C24H25N3O5S/c1-15(2)13-32-23(30)17-4-8-18(9-5-17)25-22(29)14-33-24-26-20(12-21(28)27-24)16-6-10-19(31-3)11-7-16/h4-12,15H,13-14H2,1-3H3,(H,25,29)(H,26,27,28). The second-order valence-corrected chi connectivity index (χ2v) is 8.53. The van der Waals surface area contributed by atoms with Crippen LogP contribution in [0.4, 0.5) is 5.69 Å². The van der Waals surface area contributed by atoms with Crippen LogP contribution in [-0.2, 0) is 9.53 Å². The molecule has 0 aliphatic heterocycles. The molecule has 0 fully saturated rings. The summed E-state index contributed by atoms with van der Waals surface area (Å²) < 4.78 is 10.3. The molecule has 0 saturated heterocycles. The molecule has 1 heterocycles. The zero-order valence-electron chi connectivity index (χ0n) is 18.6. The number of benzene rings is 2. The molecule has 0 saturated carbocycles. The van der Waals surface area contributed by atoms with E-state index in [9.17, 15) is 14.4 Å². The highest BCUT2D eigenvalue weighted by atomic mass is 32.2. The van der Waals surface area contributed by atoms with Gasteiger partial charge in [-0.25, -0.2) is 9.78 Å². The number of methoxy groups -OCH3 is 1. The van der Waals surface area contributed by atoms with Crippen molar-refractivity contribution in [1.82, 2.24) is 9.97 Å². The lowest BCUT2D eigenvalue weighted by Gasteiger charge is -2.09. The largest absolute Gasteiger partial charge is 0.497 e. The van der Waals surface area contributed by atoms with Crippen LogP contribution in [0.1, 0.15) is 24.2 Å². The number of amides is 1. The van der Waals surface area contributed by atoms with Crippen molar-refractivity contribution >= 4 is 29.3 Å². The molecular formula is C24H25N3O5S. The highest BCUT2D eigenvalue weighted by Gasteiger charge is 2.11. The summed E-state index contributed by atoms with van der Waals surface area (Å²) in [4.78, 5) is 43.4. The quantitative estimate of drug-likeness (QED) is 0.278. The Labute approximate surface area is 195 Å². The number of aromatic nitrogens is 2. The molecule has 33 heavy (non-hydrogen) atoms. The van der Waals surface area contributed by atoms with Gasteiger partial charge in [0.1, 0.15) is 5.75 Å². The fraction of sp³-hybridized carbons (Fsp3) is 0.250. The molecule has 9 heteroatoms. The minimum Gasteiger partial charge on any atom is -0.497 e. The summed E-state index contributed by atoms with van der Waals surface area (Å²) in [6.07, 6.45) is 0. The molecular weight excluding hydrogens is 442 g/mol. The maximum atomic E-state index is 12.3. The van der Waals surface area contributed by atoms with Crippen LogP contribution in [0.2, 0.25) is 0 Å². The molecule has 0 radical (unpaired) electrons. The summed E-state index contributed by atoms with van der Waals surface area (Å²) in [5.74, 6) is 0.339. The second kappa shape index (κ2) is 11.3. The summed E-state index contributed by atoms with van der Waals surface area (Å²) in [7, 11) is 1.58. The predicted octanol–water partition coefficient (Wildman–Crippen LogP) is 3.99. The number of ether oxygens (including phenoxy) is 2. The Morgan fingerprint density at radius 2 is 1.79 bits per heavy atom. The van der Waals surface area contributed by atoms with Crippen molar-refractivity contribution < 1.29 is 19.1 Å². The van der Waals surface area contributed by atoms with Gasteiger partial charge in [-0.2, -0.15) is 0 Å². The molecule has 1 aromatic heterocycles. The van der Waals surface area contributed by atoms with Crippen molar-refractivity contribution in [1.29, 1.82) is 0 Å². The lowest BCUT2D eigenvalue weighted by atomic mass is 10.1. The number of H-pyrrole nitrogens is 1. The summed E-state index contributed by atoms with van der Waals surface area (Å²) in [6.45, 7) is 4.28. The van der Waals surface area contributed by atoms with Crippen molar-refractivity contribution in [2.45, 2.75) is 19.0 Å². The number of nitrogens with one attached hydrogen (secondary N) is 2. The van der Waals surface area contributed by atoms with E-state index in [1.807, 2.05) is 26.0 Å². The van der Waals surface area contributed by atoms with Crippen molar-refractivity contribution in [3.05, 3.63) is 70.5 Å². The first-order valence-corrected chi connectivity index (χ1v) is 11.3. The maximum absolute atomic E-state index is 12.3. The zero-order chi connectivity index (χ0) is 23.8. The van der Waals surface area contributed by atoms with Crippen molar-refractivity contribution in [3.8, 4) is 17.0 Å². The van der Waals surface area contributed by atoms with Gasteiger partial charge in [0.05, 0.1) is 30.7 Å². The smallest absolute Gasteiger partial charge is 0.338 e. The van der Waals surface area contributed by atoms with Gasteiger partial charge >= 0.3 is 5.97 Å². The van der Waals surface area contributed by atoms with E-state index in [4.69, 9.17) is 9.47 Å². The average Bonchev–Trinajstić information content (AvgIpc) is 2.81. The Hall–Kier alpha value is -3.59. The Morgan fingerprint density at radius 3 is 2.42 bits per heavy atom. The molecule has 0 bridgehead atoms. The summed E-state index contributed by atoms with van der Waals surface area (Å²) in [6, 6.07) is 15.1. The normalized spacial score (nSPS) is 10.7. The minimum atomic E-state index is -0.399. The molecule has 1 amide bonds. The van der Waals surface area contributed by atoms with E-state index in [1.165, 1.54) is 6.07 Å². The first-order valence-electron chi connectivity index (χ1n) is 10.3. The van der Waals surface area contributed by atoms with Gasteiger partial charge in [0, 0.05) is 17.3 Å². The Balaban J connectivity index is 1.57. The number of aromatic amines is 1. The second-order valence-electron chi connectivity index (χ2n) is 7.57. The van der Waals surface area contributed by atoms with Gasteiger partial charge < -0.3 is 19.8 Å². The van der Waals surface area contributed by atoms with Gasteiger partial charge in [-0.1, -0.05) is 25.6 Å². The fourth-order valence-corrected chi connectivity index (χ4v) is 3.44. The van der Waals surface area contributed by atoms with Gasteiger partial charge in [0.15, 0.2) is 5.16 Å². The number of hydrogen-bond acceptors (Lipinski definition) is 7. The predicted molar refractivity (Wildman–Crippen MR) is 128 cm³/mol. The molecule has 0 atom stereocenters. The minimum absolute atomic E-state index is 0.0488. The van der Waals surface area contributed by atoms with Crippen molar-refractivity contribution in [2.75, 3.05) is 24.8 Å². The number of anilines is 1. The Kier molecular flexibility index (Phi) is 8.26. The maximum Gasteiger partial charge on any atom is 0.338 e. The first kappa shape index (κ1) is 24.1. The van der Waals surface area contributed by atoms with Crippen LogP contribution in [-0.4, -0.2) is 41.3 Å². The van der Waals surface area contributed by atoms with Crippen LogP contribution in [0, 0.1) is 5.92 Å². The van der Waals surface area contributed by atoms with E-state index in [0.29, 0.717) is 34.5 Å². The monoisotopic (exact) mass is 467 g/mol. The van der Waals surface area contributed by atoms with Gasteiger partial charge in [-0.15, -0.1) is 0 Å². The van der Waals surface area contributed by atoms with E-state index >= 15 is 0 Å². The van der Waals surface area contributed by atoms with Crippen LogP contribution in [0.3, 0.4) is 0 Å². The molecule has 3 aromatic rings. The first-order chi connectivity index (χ1) is 15.8. The molecule has 3 rings (SSSR count). The molecule has 0 spiro atoms. The fourth-order valence-electron chi connectivity index (χ4n) is 2.76. The SMILES string of the molecule is COc1ccc(-c2cc(=O)[nH]c(SCC(=O)Nc3ccc(C(=O)OCC(C)C)cc3)n2)cc1. The third kappa shape index (κ3) is 7.21. The van der Waals surface area contributed by atoms with Crippen LogP contribution in [0.5, 0.6) is 5.75 Å². The number of carbonyl (C=O) groups excluding carboxylic acids is 2. The third-order valence-corrected chi connectivity index (χ3v) is 5.27. The number of nitrogens with zero attached hydrogens (tertiary/aromatic N) is 1. The van der Waals surface area contributed by atoms with Crippen LogP contribution < -0.4 is 15.6 Å². The number of hydrogen-bond donors (Lipinski definition) is 2. The third-order valence-electron chi connectivity index (χ3n) is 4.40. The van der Waals surface area contributed by atoms with Gasteiger partial charge in [0.2, 0.25) is 5.91 Å². The van der Waals surface area contributed by atoms with Crippen molar-refractivity contribution in [3.63, 3.8) is 0 Å². The number of esters is 1. The van der Waals surface area contributed by atoms with Crippen LogP contribution >= 0.6 is 11.8 Å². The molecule has 172 valence electrons. The lowest BCUT2D eigenvalue weighted by molar-refractivity contribution is -0.113. The van der Waals surface area contributed by atoms with Crippen LogP contribution in [0.25, 0.3) is 11.3 Å². The molecule has 2 aromatic carbocycles. The van der Waals surface area contributed by atoms with E-state index in [2.05, 4.69) is 15.3 Å². The summed E-state index contributed by atoms with van der Waals surface area (Å²) in [5, 5.41) is 3.10. The number of thioether (sulfide) groups is 1. The molecule has 8 nitrogen and oxygen atoms in total. The van der Waals surface area contributed by atoms with E-state index in [-0.39, 0.29) is 23.1 Å². The van der Waals surface area contributed by atoms with Gasteiger partial charge in [-0.05, 0) is 54.4 Å². The molecule has 2 N–H and O–H groups in total. The molecule has 0 aliphatic rings. The van der Waals surface area contributed by atoms with E-state index in [1.54, 1.807) is 43.5 Å². The van der Waals surface area contributed by atoms with E-state index < -0.39 is 5.97 Å². The zero-order valence-corrected chi connectivity index (χ0v) is 19.4. The molecule has 0 unspecified atom stereocenters. The lowest BCUT2D eigenvalue weighted by Crippen LogP contribution is -2.16. The van der Waals surface area contributed by atoms with Crippen molar-refractivity contribution in [2.24, 2.45) is 5.92 Å². The van der Waals surface area contributed by atoms with Gasteiger partial charge in [-0.3, -0.25) is 9.59 Å². The Morgan fingerprint density at radius 1 is 1.09 bits per heavy atom.